The Morgan fingerprint density at radius 2 is 1.85 bits per heavy atom. The van der Waals surface area contributed by atoms with Gasteiger partial charge in [-0.1, -0.05) is 12.1 Å². The van der Waals surface area contributed by atoms with Crippen LogP contribution < -0.4 is 15.5 Å². The molecule has 174 valence electrons. The smallest absolute Gasteiger partial charge is 0.366 e. The summed E-state index contributed by atoms with van der Waals surface area (Å²) in [5, 5.41) is 7.73. The van der Waals surface area contributed by atoms with Crippen molar-refractivity contribution < 1.29 is 18.0 Å². The van der Waals surface area contributed by atoms with Crippen molar-refractivity contribution in [2.24, 2.45) is 0 Å². The van der Waals surface area contributed by atoms with Crippen molar-refractivity contribution in [2.75, 3.05) is 28.6 Å². The lowest BCUT2D eigenvalue weighted by Crippen LogP contribution is -2.23. The van der Waals surface area contributed by atoms with E-state index in [9.17, 15) is 18.0 Å². The summed E-state index contributed by atoms with van der Waals surface area (Å²) in [6, 6.07) is 9.96. The van der Waals surface area contributed by atoms with E-state index in [1.54, 1.807) is 29.2 Å². The molecule has 4 rings (SSSR count). The molecule has 33 heavy (non-hydrogen) atoms. The number of thiophene rings is 1. The second-order valence-corrected chi connectivity index (χ2v) is 9.55. The van der Waals surface area contributed by atoms with Crippen LogP contribution in [-0.2, 0) is 23.9 Å². The monoisotopic (exact) mass is 539 g/mol. The third-order valence-corrected chi connectivity index (χ3v) is 6.76. The predicted molar refractivity (Wildman–Crippen MR) is 127 cm³/mol. The number of hydrogen-bond acceptors (Lipinski definition) is 6. The van der Waals surface area contributed by atoms with Crippen molar-refractivity contribution in [3.63, 3.8) is 0 Å². The number of carbonyl (C=O) groups excluding carboxylic acids is 1. The fourth-order valence-corrected chi connectivity index (χ4v) is 4.89. The molecule has 0 saturated carbocycles. The van der Waals surface area contributed by atoms with E-state index in [4.69, 9.17) is 0 Å². The molecule has 0 unspecified atom stereocenters. The van der Waals surface area contributed by atoms with Crippen molar-refractivity contribution >= 4 is 50.6 Å². The molecule has 6 nitrogen and oxygen atoms in total. The number of anilines is 3. The van der Waals surface area contributed by atoms with Crippen molar-refractivity contribution in [1.29, 1.82) is 0 Å². The number of rotatable bonds is 7. The van der Waals surface area contributed by atoms with Gasteiger partial charge in [0.25, 0.3) is 0 Å². The van der Waals surface area contributed by atoms with Gasteiger partial charge in [0.1, 0.15) is 5.82 Å². The van der Waals surface area contributed by atoms with E-state index in [-0.39, 0.29) is 30.6 Å². The summed E-state index contributed by atoms with van der Waals surface area (Å²) >= 11 is 4.88. The number of alkyl halides is 3. The molecule has 1 fully saturated rings. The average Bonchev–Trinajstić information content (AvgIpc) is 3.44. The average molecular weight is 540 g/mol. The highest BCUT2D eigenvalue weighted by molar-refractivity contribution is 9.10. The maximum atomic E-state index is 13.3. The van der Waals surface area contributed by atoms with Gasteiger partial charge in [0.15, 0.2) is 5.69 Å². The zero-order valence-electron chi connectivity index (χ0n) is 17.5. The van der Waals surface area contributed by atoms with Gasteiger partial charge >= 0.3 is 6.18 Å². The topological polar surface area (TPSA) is 70.2 Å². The van der Waals surface area contributed by atoms with Gasteiger partial charge in [0.05, 0.1) is 6.42 Å². The molecule has 0 atom stereocenters. The summed E-state index contributed by atoms with van der Waals surface area (Å²) < 4.78 is 40.9. The molecule has 3 aromatic rings. The van der Waals surface area contributed by atoms with Crippen LogP contribution in [0.2, 0.25) is 0 Å². The molecule has 1 saturated heterocycles. The Morgan fingerprint density at radius 3 is 2.48 bits per heavy atom. The highest BCUT2D eigenvalue weighted by Gasteiger charge is 2.34. The van der Waals surface area contributed by atoms with E-state index in [2.05, 4.69) is 36.5 Å². The minimum atomic E-state index is -4.55. The number of amides is 1. The van der Waals surface area contributed by atoms with Gasteiger partial charge in [-0.3, -0.25) is 4.79 Å². The second kappa shape index (κ2) is 10.1. The molecule has 1 aliphatic heterocycles. The zero-order valence-corrected chi connectivity index (χ0v) is 19.9. The summed E-state index contributed by atoms with van der Waals surface area (Å²) in [5.74, 6) is 0.102. The molecule has 2 aromatic heterocycles. The van der Waals surface area contributed by atoms with Crippen LogP contribution >= 0.6 is 27.3 Å². The SMILES string of the molecule is O=C(Cc1cc(Br)cs1)Nc1ccc(CNc2cc(C(F)(F)F)nc(N3CCCC3)n2)cc1. The van der Waals surface area contributed by atoms with Crippen LogP contribution in [0.1, 0.15) is 29.0 Å². The van der Waals surface area contributed by atoms with E-state index in [1.807, 2.05) is 11.4 Å². The van der Waals surface area contributed by atoms with E-state index in [0.717, 1.165) is 33.8 Å². The molecular formula is C22H21BrF3N5OS. The predicted octanol–water partition coefficient (Wildman–Crippen LogP) is 5.71. The van der Waals surface area contributed by atoms with Gasteiger partial charge in [-0.2, -0.15) is 18.2 Å². The molecule has 0 spiro atoms. The third-order valence-electron chi connectivity index (χ3n) is 5.06. The summed E-state index contributed by atoms with van der Waals surface area (Å²) in [7, 11) is 0. The molecular weight excluding hydrogens is 519 g/mol. The largest absolute Gasteiger partial charge is 0.433 e. The molecule has 0 bridgehead atoms. The Hall–Kier alpha value is -2.66. The fourth-order valence-electron chi connectivity index (χ4n) is 3.44. The quantitative estimate of drug-likeness (QED) is 0.402. The second-order valence-electron chi connectivity index (χ2n) is 7.64. The van der Waals surface area contributed by atoms with Crippen LogP contribution in [0.5, 0.6) is 0 Å². The maximum absolute atomic E-state index is 13.3. The normalized spacial score (nSPS) is 13.9. The zero-order chi connectivity index (χ0) is 23.4. The van der Waals surface area contributed by atoms with Gasteiger partial charge in [-0.25, -0.2) is 4.98 Å². The standard InChI is InChI=1S/C22H21BrF3N5OS/c23-15-9-17(33-13-15)10-20(32)28-16-5-3-14(4-6-16)12-27-19-11-18(22(24,25)26)29-21(30-19)31-7-1-2-8-31/h3-6,9,11,13H,1-2,7-8,10,12H2,(H,28,32)(H,27,29,30). The van der Waals surface area contributed by atoms with Crippen LogP contribution in [0.15, 0.2) is 46.3 Å². The molecule has 0 aliphatic carbocycles. The number of halogens is 4. The van der Waals surface area contributed by atoms with Crippen molar-refractivity contribution in [3.8, 4) is 0 Å². The van der Waals surface area contributed by atoms with Gasteiger partial charge in [0.2, 0.25) is 11.9 Å². The lowest BCUT2D eigenvalue weighted by Gasteiger charge is -2.18. The van der Waals surface area contributed by atoms with Crippen LogP contribution in [0.25, 0.3) is 0 Å². The molecule has 1 aromatic carbocycles. The van der Waals surface area contributed by atoms with Gasteiger partial charge < -0.3 is 15.5 Å². The number of nitrogens with one attached hydrogen (secondary N) is 2. The van der Waals surface area contributed by atoms with E-state index < -0.39 is 11.9 Å². The van der Waals surface area contributed by atoms with Crippen molar-refractivity contribution in [3.05, 3.63) is 62.4 Å². The van der Waals surface area contributed by atoms with Crippen LogP contribution in [0.3, 0.4) is 0 Å². The number of nitrogens with zero attached hydrogens (tertiary/aromatic N) is 3. The highest BCUT2D eigenvalue weighted by atomic mass is 79.9. The Kier molecular flexibility index (Phi) is 7.18. The molecule has 1 amide bonds. The Bertz CT molecular complexity index is 1110. The van der Waals surface area contributed by atoms with Gasteiger partial charge in [0, 0.05) is 46.1 Å². The van der Waals surface area contributed by atoms with E-state index >= 15 is 0 Å². The number of carbonyl (C=O) groups is 1. The first-order valence-corrected chi connectivity index (χ1v) is 12.0. The van der Waals surface area contributed by atoms with Crippen LogP contribution in [-0.4, -0.2) is 29.0 Å². The van der Waals surface area contributed by atoms with Gasteiger partial charge in [-0.15, -0.1) is 11.3 Å². The molecule has 2 N–H and O–H groups in total. The lowest BCUT2D eigenvalue weighted by atomic mass is 10.2. The Labute approximate surface area is 201 Å². The minimum Gasteiger partial charge on any atom is -0.366 e. The Balaban J connectivity index is 1.38. The molecule has 3 heterocycles. The molecule has 0 radical (unpaired) electrons. The Morgan fingerprint density at radius 1 is 1.12 bits per heavy atom. The number of hydrogen-bond donors (Lipinski definition) is 2. The van der Waals surface area contributed by atoms with Crippen molar-refractivity contribution in [2.45, 2.75) is 32.0 Å². The van der Waals surface area contributed by atoms with Crippen molar-refractivity contribution in [1.82, 2.24) is 9.97 Å². The van der Waals surface area contributed by atoms with Crippen LogP contribution in [0.4, 0.5) is 30.6 Å². The first kappa shape index (κ1) is 23.5. The summed E-state index contributed by atoms with van der Waals surface area (Å²) in [6.07, 6.45) is -2.44. The first-order valence-electron chi connectivity index (χ1n) is 10.3. The minimum absolute atomic E-state index is 0.0978. The van der Waals surface area contributed by atoms with Gasteiger partial charge in [-0.05, 0) is 52.5 Å². The number of benzene rings is 1. The number of aromatic nitrogens is 2. The third kappa shape index (κ3) is 6.44. The van der Waals surface area contributed by atoms with Crippen LogP contribution in [0, 0.1) is 0 Å². The fraction of sp³-hybridized carbons (Fsp3) is 0.318. The summed E-state index contributed by atoms with van der Waals surface area (Å²) in [5.41, 5.74) is 0.528. The van der Waals surface area contributed by atoms with E-state index in [0.29, 0.717) is 18.8 Å². The summed E-state index contributed by atoms with van der Waals surface area (Å²) in [4.78, 5) is 22.9. The lowest BCUT2D eigenvalue weighted by molar-refractivity contribution is -0.141. The molecule has 11 heteroatoms. The highest BCUT2D eigenvalue weighted by Crippen LogP contribution is 2.31. The van der Waals surface area contributed by atoms with E-state index in [1.165, 1.54) is 11.3 Å². The molecule has 1 aliphatic rings. The maximum Gasteiger partial charge on any atom is 0.433 e. The summed E-state index contributed by atoms with van der Waals surface area (Å²) in [6.45, 7) is 1.58. The first-order chi connectivity index (χ1) is 15.8.